The number of ether oxygens (including phenoxy) is 5. The highest BCUT2D eigenvalue weighted by Crippen LogP contribution is 2.42. The second-order valence-corrected chi connectivity index (χ2v) is 20.1. The van der Waals surface area contributed by atoms with Crippen LogP contribution in [0.3, 0.4) is 0 Å². The highest BCUT2D eigenvalue weighted by molar-refractivity contribution is 9.10. The van der Waals surface area contributed by atoms with Gasteiger partial charge in [-0.2, -0.15) is 0 Å². The normalized spacial score (nSPS) is 36.3. The van der Waals surface area contributed by atoms with Gasteiger partial charge in [0.25, 0.3) is 0 Å². The van der Waals surface area contributed by atoms with Crippen LogP contribution < -0.4 is 21.3 Å². The molecule has 66 heavy (non-hydrogen) atoms. The highest BCUT2D eigenvalue weighted by Gasteiger charge is 2.52. The fourth-order valence-corrected chi connectivity index (χ4v) is 10.6. The minimum absolute atomic E-state index is 0.103. The number of amides is 1. The minimum Gasteiger partial charge on any atom is -0.479 e. The third-order valence-corrected chi connectivity index (χ3v) is 14.7. The Morgan fingerprint density at radius 3 is 2.27 bits per heavy atom. The predicted octanol–water partition coefficient (Wildman–Crippen LogP) is 1.00. The van der Waals surface area contributed by atoms with E-state index in [-0.39, 0.29) is 24.2 Å². The maximum Gasteiger partial charge on any atom is 0.332 e. The maximum absolute atomic E-state index is 12.8. The van der Waals surface area contributed by atoms with Crippen LogP contribution in [0.1, 0.15) is 89.7 Å². The van der Waals surface area contributed by atoms with Gasteiger partial charge in [0.15, 0.2) is 18.7 Å². The van der Waals surface area contributed by atoms with E-state index in [1.54, 1.807) is 6.92 Å². The lowest BCUT2D eigenvalue weighted by molar-refractivity contribution is -0.339. The number of aliphatic hydroxyl groups excluding tert-OH is 5. The molecule has 15 atom stereocenters. The summed E-state index contributed by atoms with van der Waals surface area (Å²) < 4.78 is 32.7. The molecule has 1 aromatic carbocycles. The number of halogens is 1. The van der Waals surface area contributed by atoms with Crippen LogP contribution in [0, 0.1) is 17.8 Å². The average Bonchev–Trinajstić information content (AvgIpc) is 4.12. The molecule has 18 nitrogen and oxygen atoms in total. The molecule has 5 aliphatic rings. The number of carboxylic acid groups (broad SMARTS) is 1. The molecular formula is C47H78BrN5O13. The number of nitrogens with zero attached hydrogens (tertiary/aromatic N) is 1. The number of hydrogen-bond donors (Lipinski definition) is 10. The van der Waals surface area contributed by atoms with Crippen LogP contribution >= 0.6 is 15.9 Å². The summed E-state index contributed by atoms with van der Waals surface area (Å²) in [6.07, 6.45) is -7.24. The second kappa shape index (κ2) is 26.3. The van der Waals surface area contributed by atoms with Crippen molar-refractivity contribution < 1.29 is 63.9 Å². The van der Waals surface area contributed by atoms with Crippen molar-refractivity contribution >= 4 is 27.8 Å². The van der Waals surface area contributed by atoms with Crippen molar-refractivity contribution in [1.29, 1.82) is 0 Å². The van der Waals surface area contributed by atoms with Gasteiger partial charge in [-0.1, -0.05) is 54.2 Å². The van der Waals surface area contributed by atoms with E-state index in [4.69, 9.17) is 23.7 Å². The van der Waals surface area contributed by atoms with Crippen LogP contribution in [0.5, 0.6) is 0 Å². The molecule has 0 bridgehead atoms. The lowest BCUT2D eigenvalue weighted by atomic mass is 9.74. The maximum atomic E-state index is 12.8. The first-order valence-electron chi connectivity index (χ1n) is 24.5. The molecule has 3 saturated heterocycles. The van der Waals surface area contributed by atoms with E-state index in [1.165, 1.54) is 18.1 Å². The van der Waals surface area contributed by atoms with E-state index in [0.717, 1.165) is 108 Å². The van der Waals surface area contributed by atoms with Gasteiger partial charge in [0.2, 0.25) is 5.91 Å². The van der Waals surface area contributed by atoms with Gasteiger partial charge >= 0.3 is 5.97 Å². The zero-order valence-electron chi connectivity index (χ0n) is 39.0. The molecule has 0 aromatic heterocycles. The lowest BCUT2D eigenvalue weighted by Crippen LogP contribution is -2.67. The van der Waals surface area contributed by atoms with Crippen LogP contribution in [0.15, 0.2) is 22.7 Å². The summed E-state index contributed by atoms with van der Waals surface area (Å²) in [4.78, 5) is 27.7. The van der Waals surface area contributed by atoms with E-state index < -0.39 is 98.1 Å². The summed E-state index contributed by atoms with van der Waals surface area (Å²) in [7, 11) is 0. The van der Waals surface area contributed by atoms with Crippen LogP contribution in [0.4, 0.5) is 0 Å². The average molecular weight is 1000 g/mol. The summed E-state index contributed by atoms with van der Waals surface area (Å²) in [5.41, 5.74) is 2.40. The summed E-state index contributed by atoms with van der Waals surface area (Å²) in [6.45, 7) is 12.9. The van der Waals surface area contributed by atoms with Crippen molar-refractivity contribution in [3.8, 4) is 0 Å². The molecule has 19 heteroatoms. The largest absolute Gasteiger partial charge is 0.479 e. The second-order valence-electron chi connectivity index (χ2n) is 19.2. The monoisotopic (exact) mass is 999 g/mol. The number of rotatable bonds is 17. The third kappa shape index (κ3) is 15.3. The van der Waals surface area contributed by atoms with Gasteiger partial charge in [-0.3, -0.25) is 9.69 Å². The fourth-order valence-electron chi connectivity index (χ4n) is 9.97. The van der Waals surface area contributed by atoms with Crippen molar-refractivity contribution in [3.63, 3.8) is 0 Å². The first-order valence-corrected chi connectivity index (χ1v) is 25.3. The van der Waals surface area contributed by atoms with E-state index >= 15 is 0 Å². The molecule has 10 N–H and O–H groups in total. The van der Waals surface area contributed by atoms with Crippen LogP contribution in [-0.4, -0.2) is 186 Å². The Morgan fingerprint density at radius 1 is 0.879 bits per heavy atom. The number of nitrogens with one attached hydrogen (secondary N) is 4. The molecule has 6 rings (SSSR count). The van der Waals surface area contributed by atoms with Gasteiger partial charge in [-0.05, 0) is 113 Å². The molecule has 3 aliphatic heterocycles. The van der Waals surface area contributed by atoms with Crippen molar-refractivity contribution in [2.75, 3.05) is 59.0 Å². The number of aliphatic hydroxyl groups is 5. The quantitative estimate of drug-likeness (QED) is 0.105. The molecule has 2 aliphatic carbocycles. The molecule has 0 spiro atoms. The van der Waals surface area contributed by atoms with E-state index in [0.29, 0.717) is 12.8 Å². The summed E-state index contributed by atoms with van der Waals surface area (Å²) in [5, 5.41) is 77.6. The first-order chi connectivity index (χ1) is 31.8. The predicted molar refractivity (Wildman–Crippen MR) is 247 cm³/mol. The molecule has 14 unspecified atom stereocenters. The van der Waals surface area contributed by atoms with Crippen molar-refractivity contribution in [3.05, 3.63) is 33.8 Å². The minimum atomic E-state index is -1.57. The molecule has 5 fully saturated rings. The number of aliphatic carboxylic acids is 1. The van der Waals surface area contributed by atoms with E-state index in [1.807, 2.05) is 6.92 Å². The van der Waals surface area contributed by atoms with E-state index in [2.05, 4.69) is 60.3 Å². The van der Waals surface area contributed by atoms with Gasteiger partial charge < -0.3 is 75.6 Å². The molecule has 3 heterocycles. The number of benzene rings is 1. The van der Waals surface area contributed by atoms with Gasteiger partial charge in [-0.15, -0.1) is 0 Å². The van der Waals surface area contributed by atoms with Gasteiger partial charge in [0.1, 0.15) is 42.7 Å². The molecule has 0 radical (unpaired) electrons. The zero-order valence-corrected chi connectivity index (χ0v) is 40.6. The standard InChI is InChI=1S/C47H78BrN5O13/c1-4-32-21-30(9-11-33-12-10-31(22-34(33)48)25-53-19-6-15-50-17-16-49-13-5-14-51-18-20-53)24-35(43(32)66-47-42(59)41(58)39(56)27(2)62-47)64-46-38(52-28(3)55)44(40(57)37(26-54)65-46)63-36(45(60)61)23-29-7-8-29/h10,12,22,27,29-30,32,35-44,46-47,49-51,54,56-59H,4-9,11,13-21,23-26H2,1-3H3,(H,52,55)(H,60,61)/t27?,30?,32?,35?,36-,37?,38?,39?,40?,41?,42?,43?,44?,46?,47?/m0/s1. The Kier molecular flexibility index (Phi) is 21.3. The topological polar surface area (TPSA) is 253 Å². The van der Waals surface area contributed by atoms with Crippen molar-refractivity contribution in [2.45, 2.75) is 171 Å². The summed E-state index contributed by atoms with van der Waals surface area (Å²) in [6, 6.07) is 5.44. The zero-order chi connectivity index (χ0) is 47.3. The van der Waals surface area contributed by atoms with E-state index in [9.17, 15) is 40.2 Å². The first kappa shape index (κ1) is 53.4. The molecule has 376 valence electrons. The van der Waals surface area contributed by atoms with Crippen LogP contribution in [0.25, 0.3) is 0 Å². The smallest absolute Gasteiger partial charge is 0.332 e. The van der Waals surface area contributed by atoms with Gasteiger partial charge in [0.05, 0.1) is 24.9 Å². The third-order valence-electron chi connectivity index (χ3n) is 14.0. The Bertz CT molecular complexity index is 1640. The molecule has 1 aromatic rings. The number of hydrogen-bond acceptors (Lipinski definition) is 16. The SMILES string of the molecule is CCC1CC(CCc2ccc(CN3CCCNCCNCCCNCC3)cc2Br)CC(OC2OC(CO)C(O)C(O[C@@H](CC3CC3)C(=O)O)C2NC(C)=O)C1OC1OC(C)C(O)C(O)C1O. The number of carboxylic acids is 1. The van der Waals surface area contributed by atoms with Crippen molar-refractivity contribution in [1.82, 2.24) is 26.2 Å². The molecule has 2 saturated carbocycles. The van der Waals surface area contributed by atoms with Crippen LogP contribution in [-0.2, 0) is 46.2 Å². The molecule has 1 amide bonds. The number of aryl methyl sites for hydroxylation is 1. The fraction of sp³-hybridized carbons (Fsp3) is 0.830. The Hall–Kier alpha value is -1.92. The number of carbonyl (C=O) groups is 2. The number of carbonyl (C=O) groups excluding carboxylic acids is 1. The lowest BCUT2D eigenvalue weighted by Gasteiger charge is -2.49. The molecular weight excluding hydrogens is 922 g/mol. The van der Waals surface area contributed by atoms with Gasteiger partial charge in [-0.25, -0.2) is 4.79 Å². The summed E-state index contributed by atoms with van der Waals surface area (Å²) in [5.74, 6) is -1.57. The highest BCUT2D eigenvalue weighted by atomic mass is 79.9. The van der Waals surface area contributed by atoms with Gasteiger partial charge in [0, 0.05) is 44.1 Å². The summed E-state index contributed by atoms with van der Waals surface area (Å²) >= 11 is 3.89. The Balaban J connectivity index is 1.20. The Morgan fingerprint density at radius 2 is 1.61 bits per heavy atom. The van der Waals surface area contributed by atoms with Crippen LogP contribution in [0.2, 0.25) is 0 Å². The van der Waals surface area contributed by atoms with Crippen molar-refractivity contribution in [2.24, 2.45) is 17.8 Å². The Labute approximate surface area is 398 Å².